The fourth-order valence-corrected chi connectivity index (χ4v) is 4.04. The zero-order valence-corrected chi connectivity index (χ0v) is 17.7. The number of hydrogen-bond acceptors (Lipinski definition) is 6. The summed E-state index contributed by atoms with van der Waals surface area (Å²) in [5.41, 5.74) is 2.91. The molecule has 2 aromatic carbocycles. The molecule has 30 heavy (non-hydrogen) atoms. The summed E-state index contributed by atoms with van der Waals surface area (Å²) >= 11 is 1.65. The maximum Gasteiger partial charge on any atom is 0.196 e. The summed E-state index contributed by atoms with van der Waals surface area (Å²) in [7, 11) is 3.32. The molecule has 2 aromatic heterocycles. The van der Waals surface area contributed by atoms with Crippen LogP contribution >= 0.6 is 11.8 Å². The van der Waals surface area contributed by atoms with Gasteiger partial charge in [0.25, 0.3) is 0 Å². The quantitative estimate of drug-likeness (QED) is 0.387. The molecule has 0 aliphatic heterocycles. The zero-order valence-electron chi connectivity index (χ0n) is 16.9. The van der Waals surface area contributed by atoms with Crippen LogP contribution < -0.4 is 9.47 Å². The Balaban J connectivity index is 1.69. The second-order valence-electron chi connectivity index (χ2n) is 6.46. The van der Waals surface area contributed by atoms with Crippen LogP contribution in [0.1, 0.15) is 5.69 Å². The van der Waals surface area contributed by atoms with E-state index in [1.165, 1.54) is 0 Å². The van der Waals surface area contributed by atoms with Gasteiger partial charge in [-0.25, -0.2) is 0 Å². The maximum atomic E-state index is 5.56. The highest BCUT2D eigenvalue weighted by Gasteiger charge is 2.19. The third-order valence-electron chi connectivity index (χ3n) is 4.63. The third kappa shape index (κ3) is 4.31. The van der Waals surface area contributed by atoms with Gasteiger partial charge in [-0.1, -0.05) is 30.0 Å². The predicted octanol–water partition coefficient (Wildman–Crippen LogP) is 4.68. The van der Waals surface area contributed by atoms with Crippen LogP contribution in [0.3, 0.4) is 0 Å². The first-order valence-electron chi connectivity index (χ1n) is 9.56. The molecule has 6 nitrogen and oxygen atoms in total. The van der Waals surface area contributed by atoms with Gasteiger partial charge in [-0.3, -0.25) is 9.55 Å². The van der Waals surface area contributed by atoms with E-state index in [9.17, 15) is 0 Å². The third-order valence-corrected chi connectivity index (χ3v) is 5.56. The number of aryl methyl sites for hydroxylation is 1. The van der Waals surface area contributed by atoms with E-state index in [1.54, 1.807) is 26.0 Å². The monoisotopic (exact) mass is 418 g/mol. The second-order valence-corrected chi connectivity index (χ2v) is 7.52. The Hall–Kier alpha value is -3.32. The van der Waals surface area contributed by atoms with Gasteiger partial charge in [0.05, 0.1) is 25.5 Å². The number of methoxy groups -OCH3 is 2. The van der Waals surface area contributed by atoms with E-state index in [4.69, 9.17) is 9.47 Å². The summed E-state index contributed by atoms with van der Waals surface area (Å²) in [6, 6.07) is 21.7. The molecule has 0 saturated heterocycles. The van der Waals surface area contributed by atoms with Gasteiger partial charge >= 0.3 is 0 Å². The van der Waals surface area contributed by atoms with Crippen molar-refractivity contribution in [3.63, 3.8) is 0 Å². The smallest absolute Gasteiger partial charge is 0.196 e. The van der Waals surface area contributed by atoms with Crippen LogP contribution in [0, 0.1) is 0 Å². The van der Waals surface area contributed by atoms with Crippen LogP contribution in [-0.2, 0) is 6.42 Å². The van der Waals surface area contributed by atoms with E-state index in [1.807, 2.05) is 72.9 Å². The summed E-state index contributed by atoms with van der Waals surface area (Å²) in [6.07, 6.45) is 2.67. The first kappa shape index (κ1) is 20.0. The molecule has 0 fully saturated rings. The lowest BCUT2D eigenvalue weighted by atomic mass is 10.2. The van der Waals surface area contributed by atoms with Crippen molar-refractivity contribution >= 4 is 11.8 Å². The highest BCUT2D eigenvalue weighted by molar-refractivity contribution is 7.99. The molecular formula is C23H22N4O2S. The minimum atomic E-state index is 0.734. The largest absolute Gasteiger partial charge is 0.497 e. The number of pyridine rings is 1. The van der Waals surface area contributed by atoms with Crippen molar-refractivity contribution in [2.75, 3.05) is 20.0 Å². The highest BCUT2D eigenvalue weighted by Crippen LogP contribution is 2.33. The molecule has 0 spiro atoms. The molecule has 0 aliphatic rings. The summed E-state index contributed by atoms with van der Waals surface area (Å²) in [5, 5.41) is 9.81. The van der Waals surface area contributed by atoms with Crippen LogP contribution in [0.5, 0.6) is 11.5 Å². The lowest BCUT2D eigenvalue weighted by Gasteiger charge is -2.13. The molecule has 0 N–H and O–H groups in total. The molecular weight excluding hydrogens is 396 g/mol. The van der Waals surface area contributed by atoms with Crippen LogP contribution in [0.25, 0.3) is 17.1 Å². The van der Waals surface area contributed by atoms with Crippen molar-refractivity contribution in [2.45, 2.75) is 11.6 Å². The van der Waals surface area contributed by atoms with E-state index < -0.39 is 0 Å². The van der Waals surface area contributed by atoms with Crippen molar-refractivity contribution in [2.24, 2.45) is 0 Å². The summed E-state index contributed by atoms with van der Waals surface area (Å²) in [5.74, 6) is 3.13. The Labute approximate surface area is 179 Å². The molecule has 4 aromatic rings. The van der Waals surface area contributed by atoms with Gasteiger partial charge in [0.2, 0.25) is 0 Å². The number of nitrogens with zero attached hydrogens (tertiary/aromatic N) is 4. The average molecular weight is 419 g/mol. The van der Waals surface area contributed by atoms with Crippen molar-refractivity contribution in [3.8, 4) is 28.6 Å². The number of para-hydroxylation sites is 1. The summed E-state index contributed by atoms with van der Waals surface area (Å²) < 4.78 is 12.9. The van der Waals surface area contributed by atoms with Gasteiger partial charge in [-0.05, 0) is 55.0 Å². The number of rotatable bonds is 8. The van der Waals surface area contributed by atoms with Crippen LogP contribution in [-0.4, -0.2) is 39.7 Å². The molecule has 152 valence electrons. The standard InChI is InChI=1S/C23H22N4O2S/c1-28-19-12-10-18(11-13-19)27-22(20-8-3-4-9-21(20)29-2)25-26-23(27)30-16-14-17-7-5-6-15-24-17/h3-13,15H,14,16H2,1-2H3. The molecule has 0 saturated carbocycles. The van der Waals surface area contributed by atoms with Crippen molar-refractivity contribution < 1.29 is 9.47 Å². The lowest BCUT2D eigenvalue weighted by molar-refractivity contribution is 0.414. The number of aromatic nitrogens is 4. The molecule has 0 aliphatic carbocycles. The first-order chi connectivity index (χ1) is 14.8. The summed E-state index contributed by atoms with van der Waals surface area (Å²) in [6.45, 7) is 0. The zero-order chi connectivity index (χ0) is 20.8. The minimum Gasteiger partial charge on any atom is -0.497 e. The molecule has 0 radical (unpaired) electrons. The van der Waals surface area contributed by atoms with E-state index >= 15 is 0 Å². The van der Waals surface area contributed by atoms with Crippen LogP contribution in [0.2, 0.25) is 0 Å². The lowest BCUT2D eigenvalue weighted by Crippen LogP contribution is -2.02. The molecule has 2 heterocycles. The summed E-state index contributed by atoms with van der Waals surface area (Å²) in [4.78, 5) is 4.40. The maximum absolute atomic E-state index is 5.56. The van der Waals surface area contributed by atoms with E-state index in [0.29, 0.717) is 0 Å². The molecule has 0 amide bonds. The fraction of sp³-hybridized carbons (Fsp3) is 0.174. The number of hydrogen-bond donors (Lipinski definition) is 0. The van der Waals surface area contributed by atoms with Crippen molar-refractivity contribution in [1.82, 2.24) is 19.7 Å². The Morgan fingerprint density at radius 1 is 0.867 bits per heavy atom. The Morgan fingerprint density at radius 2 is 1.67 bits per heavy atom. The van der Waals surface area contributed by atoms with Crippen LogP contribution in [0.15, 0.2) is 78.1 Å². The average Bonchev–Trinajstić information content (AvgIpc) is 3.23. The highest BCUT2D eigenvalue weighted by atomic mass is 32.2. The van der Waals surface area contributed by atoms with Gasteiger partial charge in [-0.15, -0.1) is 10.2 Å². The van der Waals surface area contributed by atoms with Crippen molar-refractivity contribution in [1.29, 1.82) is 0 Å². The number of ether oxygens (including phenoxy) is 2. The second kappa shape index (κ2) is 9.45. The topological polar surface area (TPSA) is 62.1 Å². The van der Waals surface area contributed by atoms with Gasteiger partial charge in [-0.2, -0.15) is 0 Å². The Kier molecular flexibility index (Phi) is 6.29. The van der Waals surface area contributed by atoms with Gasteiger partial charge in [0, 0.05) is 17.6 Å². The molecule has 7 heteroatoms. The first-order valence-corrected chi connectivity index (χ1v) is 10.5. The van der Waals surface area contributed by atoms with Gasteiger partial charge in [0.15, 0.2) is 11.0 Å². The van der Waals surface area contributed by atoms with Crippen LogP contribution in [0.4, 0.5) is 0 Å². The predicted molar refractivity (Wildman–Crippen MR) is 119 cm³/mol. The van der Waals surface area contributed by atoms with Crippen molar-refractivity contribution in [3.05, 3.63) is 78.6 Å². The normalized spacial score (nSPS) is 10.7. The molecule has 0 atom stereocenters. The Bertz CT molecular complexity index is 1100. The number of benzene rings is 2. The Morgan fingerprint density at radius 3 is 2.40 bits per heavy atom. The fourth-order valence-electron chi connectivity index (χ4n) is 3.12. The van der Waals surface area contributed by atoms with E-state index in [-0.39, 0.29) is 0 Å². The molecule has 0 bridgehead atoms. The van der Waals surface area contributed by atoms with Gasteiger partial charge < -0.3 is 9.47 Å². The minimum absolute atomic E-state index is 0.734. The van der Waals surface area contributed by atoms with Gasteiger partial charge in [0.1, 0.15) is 11.5 Å². The SMILES string of the molecule is COc1ccc(-n2c(SCCc3ccccn3)nnc2-c2ccccc2OC)cc1. The molecule has 0 unspecified atom stereocenters. The molecule has 4 rings (SSSR count). The van der Waals surface area contributed by atoms with E-state index in [0.717, 1.165) is 51.6 Å². The number of thioether (sulfide) groups is 1. The van der Waals surface area contributed by atoms with E-state index in [2.05, 4.69) is 19.7 Å².